The van der Waals surface area contributed by atoms with E-state index in [0.717, 1.165) is 14.0 Å². The minimum atomic E-state index is -2.65. The molecule has 4 N–H and O–H groups in total. The molecule has 17 nitrogen and oxygen atoms in total. The van der Waals surface area contributed by atoms with Gasteiger partial charge in [-0.2, -0.15) is 0 Å². The van der Waals surface area contributed by atoms with Crippen LogP contribution in [0.2, 0.25) is 0 Å². The van der Waals surface area contributed by atoms with Crippen LogP contribution >= 0.6 is 0 Å². The number of primary amides is 1. The molecule has 0 bridgehead atoms. The summed E-state index contributed by atoms with van der Waals surface area (Å²) >= 11 is 0. The maximum atomic E-state index is 15.4. The van der Waals surface area contributed by atoms with Crippen LogP contribution in [0.1, 0.15) is 67.3 Å². The van der Waals surface area contributed by atoms with Crippen molar-refractivity contribution in [1.82, 2.24) is 15.5 Å². The Hall–Kier alpha value is -8.74. The highest BCUT2D eigenvalue weighted by atomic mass is 19.2. The molecule has 1 aliphatic rings. The fraction of sp³-hybridized carbons (Fsp3) is 0.269. The van der Waals surface area contributed by atoms with Gasteiger partial charge in [0.1, 0.15) is 83.5 Å². The monoisotopic (exact) mass is 1080 g/mol. The smallest absolute Gasteiger partial charge is 0.341 e. The molecule has 1 aliphatic heterocycles. The number of ether oxygens (including phenoxy) is 5. The first kappa shape index (κ1) is 57.5. The van der Waals surface area contributed by atoms with Gasteiger partial charge in [-0.1, -0.05) is 30.3 Å². The minimum absolute atomic E-state index is 0.263. The van der Waals surface area contributed by atoms with Crippen LogP contribution < -0.4 is 16.4 Å². The van der Waals surface area contributed by atoms with Gasteiger partial charge < -0.3 is 45.0 Å². The van der Waals surface area contributed by atoms with Crippen molar-refractivity contribution in [2.45, 2.75) is 75.3 Å². The number of hydrogen-bond donors (Lipinski definition) is 3. The Labute approximate surface area is 431 Å². The summed E-state index contributed by atoms with van der Waals surface area (Å²) in [6.45, 7) is 0.881. The third kappa shape index (κ3) is 14.6. The molecule has 1 fully saturated rings. The Bertz CT molecular complexity index is 3080. The van der Waals surface area contributed by atoms with Crippen LogP contribution in [0.15, 0.2) is 103 Å². The van der Waals surface area contributed by atoms with E-state index in [-0.39, 0.29) is 6.42 Å². The van der Waals surface area contributed by atoms with Crippen molar-refractivity contribution in [3.8, 4) is 0 Å². The van der Waals surface area contributed by atoms with Gasteiger partial charge in [0.2, 0.25) is 23.6 Å². The van der Waals surface area contributed by atoms with E-state index >= 15 is 13.2 Å². The number of rotatable bonds is 19. The van der Waals surface area contributed by atoms with Gasteiger partial charge in [-0.15, -0.1) is 0 Å². The van der Waals surface area contributed by atoms with Gasteiger partial charge in [-0.3, -0.25) is 19.2 Å². The molecule has 25 heteroatoms. The normalized spacial score (nSPS) is 18.1. The Morgan fingerprint density at radius 1 is 0.584 bits per heavy atom. The Balaban J connectivity index is 1.57. The maximum Gasteiger partial charge on any atom is 0.341 e. The highest BCUT2D eigenvalue weighted by molar-refractivity contribution is 5.95. The van der Waals surface area contributed by atoms with E-state index in [4.69, 9.17) is 29.4 Å². The summed E-state index contributed by atoms with van der Waals surface area (Å²) in [5.74, 6) is -22.0. The molecular formula is C52H44F8N4O13. The second kappa shape index (κ2) is 25.2. The fourth-order valence-corrected chi connectivity index (χ4v) is 7.97. The molecular weight excluding hydrogens is 1040 g/mol. The number of esters is 4. The highest BCUT2D eigenvalue weighted by Gasteiger charge is 2.55. The number of nitrogens with one attached hydrogen (secondary N) is 2. The van der Waals surface area contributed by atoms with Crippen LogP contribution in [-0.2, 0) is 49.3 Å². The fourth-order valence-electron chi connectivity index (χ4n) is 7.97. The average Bonchev–Trinajstić information content (AvgIpc) is 3.40. The number of amides is 4. The SMILES string of the molecule is CC(=O)N[C@@H](C)C(=O)N(C)[C@@H](C[C@@H]1O[C@H](COC(=O)c2cc(F)ccc2F)[C@@H](OC(=O)c2cc(F)ccc2F)[C@H](OC(=O)c2cc(F)ccc2F)[C@H]1OC(=O)c1cc(F)ccc1F)C(=O)N[C@@H](Cc1ccccc1)C(N)=O. The number of carbonyl (C=O) groups excluding carboxylic acids is 8. The topological polar surface area (TPSA) is 236 Å². The van der Waals surface area contributed by atoms with Crippen LogP contribution in [0, 0.1) is 46.5 Å². The van der Waals surface area contributed by atoms with Crippen LogP contribution in [0.4, 0.5) is 35.1 Å². The standard InChI is InChI=1S/C52H44F8N4O13/c1-24(62-25(2)65)48(68)64(3)40(47(67)63-39(46(61)66)17-26-7-5-4-6-8-26)22-41-43(75-50(70)32-19-28(54)10-14-36(32)58)45(77-52(72)34-21-30(56)12-16-38(34)60)44(76-51(71)33-20-29(55)11-15-37(33)59)42(74-41)23-73-49(69)31-18-27(53)9-13-35(31)57/h4-16,18-21,24,39-45H,17,22-23H2,1-3H3,(H2,61,66)(H,62,65)(H,63,67)/t24-,39-,40-,41-,42+,43-,44+,45+/m0/s1. The molecule has 4 amide bonds. The predicted molar refractivity (Wildman–Crippen MR) is 248 cm³/mol. The first-order chi connectivity index (χ1) is 36.4. The van der Waals surface area contributed by atoms with Crippen molar-refractivity contribution in [3.05, 3.63) is 177 Å². The summed E-state index contributed by atoms with van der Waals surface area (Å²) in [4.78, 5) is 110. The lowest BCUT2D eigenvalue weighted by molar-refractivity contribution is -0.232. The lowest BCUT2D eigenvalue weighted by Crippen LogP contribution is -2.64. The summed E-state index contributed by atoms with van der Waals surface area (Å²) in [6.07, 6.45) is -13.7. The highest BCUT2D eigenvalue weighted by Crippen LogP contribution is 2.35. The van der Waals surface area contributed by atoms with Crippen molar-refractivity contribution in [2.24, 2.45) is 5.73 Å². The maximum absolute atomic E-state index is 15.4. The van der Waals surface area contributed by atoms with E-state index in [0.29, 0.717) is 83.3 Å². The van der Waals surface area contributed by atoms with Crippen LogP contribution in [0.5, 0.6) is 0 Å². The Kier molecular flexibility index (Phi) is 18.8. The van der Waals surface area contributed by atoms with Gasteiger partial charge in [0.25, 0.3) is 0 Å². The van der Waals surface area contributed by atoms with Gasteiger partial charge in [-0.05, 0) is 85.3 Å². The lowest BCUT2D eigenvalue weighted by atomic mass is 9.89. The quantitative estimate of drug-likeness (QED) is 0.0538. The van der Waals surface area contributed by atoms with Gasteiger partial charge in [0, 0.05) is 26.8 Å². The van der Waals surface area contributed by atoms with E-state index < -0.39 is 178 Å². The predicted octanol–water partition coefficient (Wildman–Crippen LogP) is 5.35. The third-order valence-corrected chi connectivity index (χ3v) is 11.7. The molecule has 8 atom stereocenters. The van der Waals surface area contributed by atoms with E-state index in [1.165, 1.54) is 6.92 Å². The molecule has 0 spiro atoms. The zero-order valence-electron chi connectivity index (χ0n) is 40.4. The first-order valence-corrected chi connectivity index (χ1v) is 22.8. The Morgan fingerprint density at radius 2 is 1.00 bits per heavy atom. The van der Waals surface area contributed by atoms with Crippen molar-refractivity contribution >= 4 is 47.5 Å². The number of carbonyl (C=O) groups is 8. The second-order valence-electron chi connectivity index (χ2n) is 17.2. The molecule has 5 aromatic rings. The molecule has 6 rings (SSSR count). The summed E-state index contributed by atoms with van der Waals surface area (Å²) in [5.41, 5.74) is 1.51. The number of halogens is 8. The van der Waals surface area contributed by atoms with Gasteiger partial charge >= 0.3 is 23.9 Å². The van der Waals surface area contributed by atoms with Crippen LogP contribution in [-0.4, -0.2) is 115 Å². The van der Waals surface area contributed by atoms with Gasteiger partial charge in [-0.25, -0.2) is 54.3 Å². The van der Waals surface area contributed by atoms with Crippen LogP contribution in [0.25, 0.3) is 0 Å². The molecule has 0 aliphatic carbocycles. The second-order valence-corrected chi connectivity index (χ2v) is 17.2. The molecule has 0 unspecified atom stereocenters. The molecule has 1 saturated heterocycles. The molecule has 0 radical (unpaired) electrons. The summed E-state index contributed by atoms with van der Waals surface area (Å²) < 4.78 is 148. The number of hydrogen-bond acceptors (Lipinski definition) is 13. The first-order valence-electron chi connectivity index (χ1n) is 22.8. The largest absolute Gasteiger partial charge is 0.459 e. The molecule has 0 aromatic heterocycles. The molecule has 406 valence electrons. The molecule has 1 heterocycles. The van der Waals surface area contributed by atoms with E-state index in [1.807, 2.05) is 0 Å². The third-order valence-electron chi connectivity index (χ3n) is 11.7. The van der Waals surface area contributed by atoms with E-state index in [2.05, 4.69) is 10.6 Å². The molecule has 0 saturated carbocycles. The number of nitrogens with two attached hydrogens (primary N) is 1. The van der Waals surface area contributed by atoms with E-state index in [9.17, 15) is 60.3 Å². The average molecular weight is 1080 g/mol. The number of likely N-dealkylation sites (N-methyl/N-ethyl adjacent to an activating group) is 1. The minimum Gasteiger partial charge on any atom is -0.459 e. The van der Waals surface area contributed by atoms with Gasteiger partial charge in [0.05, 0.1) is 22.3 Å². The zero-order valence-corrected chi connectivity index (χ0v) is 40.4. The van der Waals surface area contributed by atoms with Crippen molar-refractivity contribution < 1.29 is 97.2 Å². The zero-order chi connectivity index (χ0) is 56.4. The van der Waals surface area contributed by atoms with Crippen molar-refractivity contribution in [1.29, 1.82) is 0 Å². The van der Waals surface area contributed by atoms with Gasteiger partial charge in [0.15, 0.2) is 18.3 Å². The Morgan fingerprint density at radius 3 is 1.43 bits per heavy atom. The van der Waals surface area contributed by atoms with E-state index in [1.54, 1.807) is 30.3 Å². The molecule has 77 heavy (non-hydrogen) atoms. The lowest BCUT2D eigenvalue weighted by Gasteiger charge is -2.46. The van der Waals surface area contributed by atoms with Crippen molar-refractivity contribution in [2.75, 3.05) is 13.7 Å². The van der Waals surface area contributed by atoms with Crippen LogP contribution in [0.3, 0.4) is 0 Å². The number of benzene rings is 5. The summed E-state index contributed by atoms with van der Waals surface area (Å²) in [7, 11) is 1.00. The summed E-state index contributed by atoms with van der Waals surface area (Å²) in [5, 5.41) is 4.71. The summed E-state index contributed by atoms with van der Waals surface area (Å²) in [6, 6.07) is 8.64. The van der Waals surface area contributed by atoms with Crippen molar-refractivity contribution in [3.63, 3.8) is 0 Å². The number of nitrogens with zero attached hydrogens (tertiary/aromatic N) is 1. The molecule has 5 aromatic carbocycles.